The van der Waals surface area contributed by atoms with Crippen LogP contribution in [0.15, 0.2) is 91.0 Å². The van der Waals surface area contributed by atoms with E-state index in [1.165, 1.54) is 7.11 Å². The summed E-state index contributed by atoms with van der Waals surface area (Å²) >= 11 is 0. The third kappa shape index (κ3) is 6.53. The van der Waals surface area contributed by atoms with Crippen molar-refractivity contribution in [3.05, 3.63) is 108 Å². The second kappa shape index (κ2) is 12.0. The van der Waals surface area contributed by atoms with Crippen LogP contribution < -0.4 is 0 Å². The molecule has 0 bridgehead atoms. The number of nitrogens with zero attached hydrogens (tertiary/aromatic N) is 1. The molecule has 0 aliphatic heterocycles. The number of rotatable bonds is 11. The Morgan fingerprint density at radius 1 is 0.848 bits per heavy atom. The molecule has 0 heterocycles. The fourth-order valence-corrected chi connectivity index (χ4v) is 4.33. The number of carbonyl (C=O) groups is 2. The van der Waals surface area contributed by atoms with Crippen molar-refractivity contribution in [1.29, 1.82) is 0 Å². The standard InChI is InChI=1S/C28H31NO4/c1-21(23-14-8-4-9-15-23)29(20-22-12-6-3-7-13-22)27(24-16-10-5-11-17-24)25(28(32)33-2)18-19-26(30)31/h3-17,21,25,27H,18-20H2,1-2H3,(H,30,31)/t21-,25+,27-/m0/s1. The zero-order valence-electron chi connectivity index (χ0n) is 19.1. The summed E-state index contributed by atoms with van der Waals surface area (Å²) in [6, 6.07) is 29.7. The third-order valence-electron chi connectivity index (χ3n) is 6.04. The first-order valence-electron chi connectivity index (χ1n) is 11.2. The van der Waals surface area contributed by atoms with Crippen molar-refractivity contribution in [1.82, 2.24) is 4.90 Å². The zero-order valence-corrected chi connectivity index (χ0v) is 19.1. The van der Waals surface area contributed by atoms with Crippen LogP contribution in [0.2, 0.25) is 0 Å². The maximum atomic E-state index is 13.0. The molecule has 0 aliphatic rings. The largest absolute Gasteiger partial charge is 0.481 e. The Morgan fingerprint density at radius 2 is 1.36 bits per heavy atom. The number of aliphatic carboxylic acids is 1. The van der Waals surface area contributed by atoms with E-state index in [9.17, 15) is 14.7 Å². The van der Waals surface area contributed by atoms with Gasteiger partial charge in [-0.1, -0.05) is 91.0 Å². The van der Waals surface area contributed by atoms with E-state index >= 15 is 0 Å². The predicted molar refractivity (Wildman–Crippen MR) is 128 cm³/mol. The molecule has 5 nitrogen and oxygen atoms in total. The Labute approximate surface area is 195 Å². The molecule has 3 aromatic rings. The van der Waals surface area contributed by atoms with Gasteiger partial charge in [0.15, 0.2) is 0 Å². The average molecular weight is 446 g/mol. The van der Waals surface area contributed by atoms with E-state index in [0.29, 0.717) is 6.54 Å². The molecule has 0 saturated carbocycles. The number of carboxylic acid groups (broad SMARTS) is 1. The summed E-state index contributed by atoms with van der Waals surface area (Å²) in [5, 5.41) is 9.36. The van der Waals surface area contributed by atoms with Gasteiger partial charge in [0.05, 0.1) is 13.0 Å². The van der Waals surface area contributed by atoms with Gasteiger partial charge in [-0.05, 0) is 30.0 Å². The molecule has 33 heavy (non-hydrogen) atoms. The van der Waals surface area contributed by atoms with Gasteiger partial charge < -0.3 is 9.84 Å². The summed E-state index contributed by atoms with van der Waals surface area (Å²) < 4.78 is 5.17. The van der Waals surface area contributed by atoms with E-state index in [1.807, 2.05) is 66.7 Å². The smallest absolute Gasteiger partial charge is 0.310 e. The number of hydrogen-bond donors (Lipinski definition) is 1. The minimum absolute atomic E-state index is 0.0337. The number of esters is 1. The van der Waals surface area contributed by atoms with Gasteiger partial charge in [0, 0.05) is 25.0 Å². The highest BCUT2D eigenvalue weighted by Crippen LogP contribution is 2.39. The summed E-state index contributed by atoms with van der Waals surface area (Å²) in [4.78, 5) is 26.7. The van der Waals surface area contributed by atoms with Gasteiger partial charge in [-0.25, -0.2) is 0 Å². The molecule has 0 unspecified atom stereocenters. The fourth-order valence-electron chi connectivity index (χ4n) is 4.33. The van der Waals surface area contributed by atoms with Crippen molar-refractivity contribution in [2.45, 2.75) is 38.4 Å². The summed E-state index contributed by atoms with van der Waals surface area (Å²) in [6.07, 6.45) is 0.0797. The molecule has 0 aromatic heterocycles. The van der Waals surface area contributed by atoms with E-state index in [1.54, 1.807) is 0 Å². The summed E-state index contributed by atoms with van der Waals surface area (Å²) in [7, 11) is 1.36. The minimum Gasteiger partial charge on any atom is -0.481 e. The Bertz CT molecular complexity index is 1010. The number of carbonyl (C=O) groups excluding carboxylic acids is 1. The Hall–Kier alpha value is -3.44. The molecule has 3 atom stereocenters. The highest BCUT2D eigenvalue weighted by atomic mass is 16.5. The molecule has 3 aromatic carbocycles. The van der Waals surface area contributed by atoms with Gasteiger partial charge >= 0.3 is 11.9 Å². The molecule has 172 valence electrons. The Balaban J connectivity index is 2.12. The maximum Gasteiger partial charge on any atom is 0.310 e. The van der Waals surface area contributed by atoms with E-state index in [4.69, 9.17) is 4.74 Å². The quantitative estimate of drug-likeness (QED) is 0.387. The van der Waals surface area contributed by atoms with Crippen molar-refractivity contribution in [3.63, 3.8) is 0 Å². The van der Waals surface area contributed by atoms with Crippen LogP contribution >= 0.6 is 0 Å². The van der Waals surface area contributed by atoms with Crippen molar-refractivity contribution in [2.24, 2.45) is 5.92 Å². The topological polar surface area (TPSA) is 66.8 Å². The lowest BCUT2D eigenvalue weighted by Crippen LogP contribution is -2.39. The van der Waals surface area contributed by atoms with E-state index in [-0.39, 0.29) is 24.9 Å². The van der Waals surface area contributed by atoms with Crippen LogP contribution in [0.3, 0.4) is 0 Å². The highest BCUT2D eigenvalue weighted by Gasteiger charge is 2.37. The highest BCUT2D eigenvalue weighted by molar-refractivity contribution is 5.75. The number of benzene rings is 3. The van der Waals surface area contributed by atoms with Crippen LogP contribution in [-0.4, -0.2) is 29.1 Å². The number of methoxy groups -OCH3 is 1. The number of hydrogen-bond acceptors (Lipinski definition) is 4. The van der Waals surface area contributed by atoms with Crippen molar-refractivity contribution in [2.75, 3.05) is 7.11 Å². The summed E-state index contributed by atoms with van der Waals surface area (Å²) in [5.74, 6) is -1.96. The van der Waals surface area contributed by atoms with E-state index in [2.05, 4.69) is 36.1 Å². The first-order chi connectivity index (χ1) is 16.0. The zero-order chi connectivity index (χ0) is 23.6. The number of carboxylic acids is 1. The van der Waals surface area contributed by atoms with Crippen LogP contribution in [0.25, 0.3) is 0 Å². The van der Waals surface area contributed by atoms with Crippen LogP contribution in [0.1, 0.15) is 48.5 Å². The molecule has 1 N–H and O–H groups in total. The first-order valence-corrected chi connectivity index (χ1v) is 11.2. The first kappa shape index (κ1) is 24.2. The monoisotopic (exact) mass is 445 g/mol. The van der Waals surface area contributed by atoms with Crippen LogP contribution in [0.4, 0.5) is 0 Å². The van der Waals surface area contributed by atoms with Crippen molar-refractivity contribution >= 4 is 11.9 Å². The lowest BCUT2D eigenvalue weighted by molar-refractivity contribution is -0.150. The fraction of sp³-hybridized carbons (Fsp3) is 0.286. The molecule has 0 spiro atoms. The van der Waals surface area contributed by atoms with Gasteiger partial charge in [0.2, 0.25) is 0 Å². The van der Waals surface area contributed by atoms with Gasteiger partial charge in [-0.3, -0.25) is 14.5 Å². The summed E-state index contributed by atoms with van der Waals surface area (Å²) in [5.41, 5.74) is 3.19. The SMILES string of the molecule is COC(=O)[C@H](CCC(=O)O)[C@H](c1ccccc1)N(Cc1ccccc1)[C@@H](C)c1ccccc1. The van der Waals surface area contributed by atoms with Crippen LogP contribution in [0.5, 0.6) is 0 Å². The van der Waals surface area contributed by atoms with Gasteiger partial charge in [-0.2, -0.15) is 0 Å². The normalized spacial score (nSPS) is 13.8. The minimum atomic E-state index is -0.929. The predicted octanol–water partition coefficient (Wildman–Crippen LogP) is 5.65. The lowest BCUT2D eigenvalue weighted by atomic mass is 9.86. The van der Waals surface area contributed by atoms with E-state index in [0.717, 1.165) is 16.7 Å². The molecule has 5 heteroatoms. The Morgan fingerprint density at radius 3 is 1.88 bits per heavy atom. The molecule has 0 radical (unpaired) electrons. The van der Waals surface area contributed by atoms with Gasteiger partial charge in [-0.15, -0.1) is 0 Å². The van der Waals surface area contributed by atoms with Crippen LogP contribution in [-0.2, 0) is 20.9 Å². The lowest BCUT2D eigenvalue weighted by Gasteiger charge is -2.40. The number of ether oxygens (including phenoxy) is 1. The molecular formula is C28H31NO4. The van der Waals surface area contributed by atoms with Gasteiger partial charge in [0.25, 0.3) is 0 Å². The summed E-state index contributed by atoms with van der Waals surface area (Å²) in [6.45, 7) is 2.72. The van der Waals surface area contributed by atoms with Crippen molar-refractivity contribution in [3.8, 4) is 0 Å². The third-order valence-corrected chi connectivity index (χ3v) is 6.04. The van der Waals surface area contributed by atoms with E-state index < -0.39 is 17.9 Å². The second-order valence-electron chi connectivity index (χ2n) is 8.16. The van der Waals surface area contributed by atoms with Crippen molar-refractivity contribution < 1.29 is 19.4 Å². The molecule has 0 saturated heterocycles. The maximum absolute atomic E-state index is 13.0. The van der Waals surface area contributed by atoms with Gasteiger partial charge in [0.1, 0.15) is 0 Å². The Kier molecular flexibility index (Phi) is 8.79. The second-order valence-corrected chi connectivity index (χ2v) is 8.16. The molecule has 3 rings (SSSR count). The molecule has 0 aliphatic carbocycles. The molecule has 0 fully saturated rings. The average Bonchev–Trinajstić information content (AvgIpc) is 2.86. The molecule has 0 amide bonds. The molecular weight excluding hydrogens is 414 g/mol. The van der Waals surface area contributed by atoms with Crippen LogP contribution in [0, 0.1) is 5.92 Å².